The van der Waals surface area contributed by atoms with Crippen molar-refractivity contribution in [2.75, 3.05) is 6.54 Å². The van der Waals surface area contributed by atoms with E-state index in [4.69, 9.17) is 0 Å². The van der Waals surface area contributed by atoms with E-state index in [9.17, 15) is 9.90 Å². The number of nitrogens with zero attached hydrogens (tertiary/aromatic N) is 1. The molecule has 2 atom stereocenters. The first-order chi connectivity index (χ1) is 6.70. The fourth-order valence-electron chi connectivity index (χ4n) is 2.82. The fraction of sp³-hybridized carbons (Fsp3) is 0.909. The molecule has 3 heteroatoms. The number of rotatable bonds is 3. The molecule has 3 nitrogen and oxygen atoms in total. The van der Waals surface area contributed by atoms with Gasteiger partial charge in [0.25, 0.3) is 0 Å². The van der Waals surface area contributed by atoms with Crippen molar-refractivity contribution in [1.29, 1.82) is 0 Å². The highest BCUT2D eigenvalue weighted by molar-refractivity contribution is 5.80. The van der Waals surface area contributed by atoms with Crippen LogP contribution in [0.2, 0.25) is 0 Å². The molecule has 2 heterocycles. The van der Waals surface area contributed by atoms with Crippen LogP contribution in [-0.4, -0.2) is 40.5 Å². The van der Waals surface area contributed by atoms with Crippen LogP contribution in [0.25, 0.3) is 0 Å². The summed E-state index contributed by atoms with van der Waals surface area (Å²) in [4.78, 5) is 13.7. The molecule has 0 aromatic heterocycles. The molecular weight excluding hydrogens is 178 g/mol. The van der Waals surface area contributed by atoms with E-state index in [0.717, 1.165) is 12.8 Å². The third-order valence-corrected chi connectivity index (χ3v) is 3.61. The minimum atomic E-state index is -0.125. The minimum Gasteiger partial charge on any atom is -0.393 e. The number of carbonyl (C=O) groups excluding carboxylic acids is 1. The maximum absolute atomic E-state index is 11.4. The van der Waals surface area contributed by atoms with Gasteiger partial charge in [0.1, 0.15) is 5.78 Å². The molecule has 0 saturated carbocycles. The number of aliphatic hydroxyl groups is 1. The van der Waals surface area contributed by atoms with Crippen LogP contribution in [0.4, 0.5) is 0 Å². The van der Waals surface area contributed by atoms with Crippen molar-refractivity contribution >= 4 is 5.78 Å². The zero-order chi connectivity index (χ0) is 10.1. The van der Waals surface area contributed by atoms with E-state index in [0.29, 0.717) is 30.8 Å². The van der Waals surface area contributed by atoms with Gasteiger partial charge in [0.05, 0.1) is 12.6 Å². The Hall–Kier alpha value is -0.410. The summed E-state index contributed by atoms with van der Waals surface area (Å²) in [5.41, 5.74) is 0. The Bertz CT molecular complexity index is 215. The molecule has 2 saturated heterocycles. The summed E-state index contributed by atoms with van der Waals surface area (Å²) in [5.74, 6) is 0.332. The molecule has 0 radical (unpaired) electrons. The number of ketones is 1. The molecule has 2 unspecified atom stereocenters. The summed E-state index contributed by atoms with van der Waals surface area (Å²) < 4.78 is 0. The van der Waals surface area contributed by atoms with Gasteiger partial charge in [0.15, 0.2) is 0 Å². The van der Waals surface area contributed by atoms with Crippen molar-refractivity contribution in [2.24, 2.45) is 0 Å². The second-order valence-electron chi connectivity index (χ2n) is 4.57. The van der Waals surface area contributed by atoms with E-state index in [1.807, 2.05) is 6.92 Å². The molecule has 2 aliphatic rings. The highest BCUT2D eigenvalue weighted by atomic mass is 16.3. The van der Waals surface area contributed by atoms with E-state index in [-0.39, 0.29) is 6.10 Å². The van der Waals surface area contributed by atoms with Gasteiger partial charge in [-0.15, -0.1) is 0 Å². The largest absolute Gasteiger partial charge is 0.393 e. The summed E-state index contributed by atoms with van der Waals surface area (Å²) in [6.45, 7) is 2.53. The first-order valence-corrected chi connectivity index (χ1v) is 5.66. The Morgan fingerprint density at radius 1 is 1.36 bits per heavy atom. The van der Waals surface area contributed by atoms with E-state index >= 15 is 0 Å². The predicted octanol–water partition coefficient (Wildman–Crippen LogP) is 0.953. The van der Waals surface area contributed by atoms with Gasteiger partial charge in [0, 0.05) is 18.5 Å². The van der Waals surface area contributed by atoms with Crippen molar-refractivity contribution in [3.63, 3.8) is 0 Å². The first-order valence-electron chi connectivity index (χ1n) is 5.66. The summed E-state index contributed by atoms with van der Waals surface area (Å²) in [7, 11) is 0. The van der Waals surface area contributed by atoms with E-state index in [1.165, 1.54) is 12.8 Å². The van der Waals surface area contributed by atoms with Crippen LogP contribution < -0.4 is 0 Å². The summed E-state index contributed by atoms with van der Waals surface area (Å²) in [6, 6.07) is 0.943. The van der Waals surface area contributed by atoms with Crippen LogP contribution in [0.5, 0.6) is 0 Å². The number of Topliss-reactive ketones (excluding diaryl/α,β-unsaturated/α-hetero) is 1. The van der Waals surface area contributed by atoms with Crippen molar-refractivity contribution in [2.45, 2.75) is 57.2 Å². The van der Waals surface area contributed by atoms with Gasteiger partial charge in [0.2, 0.25) is 0 Å². The van der Waals surface area contributed by atoms with Gasteiger partial charge in [-0.3, -0.25) is 9.69 Å². The molecule has 80 valence electrons. The minimum absolute atomic E-state index is 0.125. The molecule has 1 N–H and O–H groups in total. The molecule has 0 aliphatic carbocycles. The quantitative estimate of drug-likeness (QED) is 0.732. The van der Waals surface area contributed by atoms with Gasteiger partial charge >= 0.3 is 0 Å². The predicted molar refractivity (Wildman–Crippen MR) is 54.1 cm³/mol. The van der Waals surface area contributed by atoms with Gasteiger partial charge in [-0.1, -0.05) is 6.92 Å². The molecule has 0 aromatic carbocycles. The van der Waals surface area contributed by atoms with Crippen molar-refractivity contribution in [3.8, 4) is 0 Å². The van der Waals surface area contributed by atoms with Gasteiger partial charge in [-0.05, 0) is 25.7 Å². The average molecular weight is 197 g/mol. The second kappa shape index (κ2) is 3.99. The molecule has 0 amide bonds. The molecular formula is C11H19NO2. The number of hydrogen-bond donors (Lipinski definition) is 1. The van der Waals surface area contributed by atoms with Gasteiger partial charge < -0.3 is 5.11 Å². The van der Waals surface area contributed by atoms with Crippen LogP contribution >= 0.6 is 0 Å². The molecule has 14 heavy (non-hydrogen) atoms. The van der Waals surface area contributed by atoms with Gasteiger partial charge in [-0.2, -0.15) is 0 Å². The summed E-state index contributed by atoms with van der Waals surface area (Å²) in [5, 5.41) is 9.59. The fourth-order valence-corrected chi connectivity index (χ4v) is 2.82. The Labute approximate surface area is 85.1 Å². The number of piperidine rings is 1. The van der Waals surface area contributed by atoms with Gasteiger partial charge in [-0.25, -0.2) is 0 Å². The van der Waals surface area contributed by atoms with E-state index in [1.54, 1.807) is 0 Å². The Kier molecular flexibility index (Phi) is 2.88. The molecule has 2 bridgehead atoms. The molecule has 2 aliphatic heterocycles. The SMILES string of the molecule is CCC(=O)CN1C2CCC1CC(O)C2. The summed E-state index contributed by atoms with van der Waals surface area (Å²) >= 11 is 0. The topological polar surface area (TPSA) is 40.5 Å². The standard InChI is InChI=1S/C11H19NO2/c1-2-10(13)7-12-8-3-4-9(12)6-11(14)5-8/h8-9,11,14H,2-7H2,1H3. The van der Waals surface area contributed by atoms with Crippen LogP contribution in [0.1, 0.15) is 39.0 Å². The van der Waals surface area contributed by atoms with E-state index in [2.05, 4.69) is 4.90 Å². The average Bonchev–Trinajstić information content (AvgIpc) is 2.41. The number of hydrogen-bond acceptors (Lipinski definition) is 3. The number of fused-ring (bicyclic) bond motifs is 2. The molecule has 2 rings (SSSR count). The Morgan fingerprint density at radius 3 is 2.43 bits per heavy atom. The lowest BCUT2D eigenvalue weighted by atomic mass is 9.99. The summed E-state index contributed by atoms with van der Waals surface area (Å²) in [6.07, 6.45) is 4.58. The molecule has 2 fully saturated rings. The molecule has 0 aromatic rings. The lowest BCUT2D eigenvalue weighted by Crippen LogP contribution is -2.46. The maximum atomic E-state index is 11.4. The highest BCUT2D eigenvalue weighted by Crippen LogP contribution is 2.35. The number of aliphatic hydroxyl groups excluding tert-OH is 1. The smallest absolute Gasteiger partial charge is 0.146 e. The first kappa shape index (κ1) is 10.1. The van der Waals surface area contributed by atoms with Crippen molar-refractivity contribution in [3.05, 3.63) is 0 Å². The van der Waals surface area contributed by atoms with Crippen LogP contribution in [0.15, 0.2) is 0 Å². The van der Waals surface area contributed by atoms with Crippen LogP contribution in [0, 0.1) is 0 Å². The number of carbonyl (C=O) groups is 1. The lowest BCUT2D eigenvalue weighted by Gasteiger charge is -2.36. The normalized spacial score (nSPS) is 37.4. The zero-order valence-corrected chi connectivity index (χ0v) is 8.78. The maximum Gasteiger partial charge on any atom is 0.146 e. The highest BCUT2D eigenvalue weighted by Gasteiger charge is 2.40. The second-order valence-corrected chi connectivity index (χ2v) is 4.57. The lowest BCUT2D eigenvalue weighted by molar-refractivity contribution is -0.121. The Morgan fingerprint density at radius 2 is 1.93 bits per heavy atom. The van der Waals surface area contributed by atoms with Crippen LogP contribution in [0.3, 0.4) is 0 Å². The van der Waals surface area contributed by atoms with Crippen LogP contribution in [-0.2, 0) is 4.79 Å². The van der Waals surface area contributed by atoms with Crippen molar-refractivity contribution in [1.82, 2.24) is 4.90 Å². The molecule has 0 spiro atoms. The Balaban J connectivity index is 1.97. The van der Waals surface area contributed by atoms with Crippen molar-refractivity contribution < 1.29 is 9.90 Å². The monoisotopic (exact) mass is 197 g/mol. The van der Waals surface area contributed by atoms with E-state index < -0.39 is 0 Å². The third-order valence-electron chi connectivity index (χ3n) is 3.61. The third kappa shape index (κ3) is 1.84. The zero-order valence-electron chi connectivity index (χ0n) is 8.78.